The lowest BCUT2D eigenvalue weighted by Gasteiger charge is -2.19. The van der Waals surface area contributed by atoms with Crippen molar-refractivity contribution in [2.24, 2.45) is 0 Å². The topological polar surface area (TPSA) is 65.2 Å². The summed E-state index contributed by atoms with van der Waals surface area (Å²) in [6.45, 7) is 7.48. The van der Waals surface area contributed by atoms with Crippen molar-refractivity contribution >= 4 is 22.4 Å². The maximum absolute atomic E-state index is 12.2. The largest absolute Gasteiger partial charge is 0.455 e. The summed E-state index contributed by atoms with van der Waals surface area (Å²) in [7, 11) is 0. The Kier molecular flexibility index (Phi) is 3.81. The minimum absolute atomic E-state index is 0.285. The predicted molar refractivity (Wildman–Crippen MR) is 81.9 cm³/mol. The maximum Gasteiger partial charge on any atom is 0.359 e. The monoisotopic (exact) mass is 290 g/mol. The van der Waals surface area contributed by atoms with E-state index in [-0.39, 0.29) is 5.69 Å². The molecule has 1 aromatic heterocycles. The smallest absolute Gasteiger partial charge is 0.359 e. The van der Waals surface area contributed by atoms with Gasteiger partial charge in [-0.3, -0.25) is 0 Å². The molecule has 0 spiro atoms. The molecular weight excluding hydrogens is 272 g/mol. The molecule has 0 bridgehead atoms. The molecule has 0 aliphatic heterocycles. The van der Waals surface area contributed by atoms with Gasteiger partial charge in [0.2, 0.25) is 0 Å². The number of esters is 1. The zero-order valence-electron chi connectivity index (χ0n) is 12.1. The Balaban J connectivity index is 2.43. The third-order valence-electron chi connectivity index (χ3n) is 2.52. The van der Waals surface area contributed by atoms with E-state index in [2.05, 4.69) is 4.98 Å². The van der Waals surface area contributed by atoms with Gasteiger partial charge in [-0.2, -0.15) is 0 Å². The third kappa shape index (κ3) is 3.36. The third-order valence-corrected chi connectivity index (χ3v) is 3.45. The molecular formula is C15H18N2O2S. The van der Waals surface area contributed by atoms with Crippen molar-refractivity contribution in [1.29, 1.82) is 0 Å². The number of nitrogens with two attached hydrogens (primary N) is 1. The van der Waals surface area contributed by atoms with Crippen LogP contribution in [0.4, 0.5) is 5.13 Å². The highest BCUT2D eigenvalue weighted by atomic mass is 32.1. The van der Waals surface area contributed by atoms with Gasteiger partial charge in [-0.25, -0.2) is 9.78 Å². The molecule has 0 radical (unpaired) electrons. The van der Waals surface area contributed by atoms with Crippen molar-refractivity contribution in [1.82, 2.24) is 4.98 Å². The van der Waals surface area contributed by atoms with Crippen LogP contribution in [0.15, 0.2) is 24.3 Å². The number of thiazole rings is 1. The molecule has 2 N–H and O–H groups in total. The Bertz CT molecular complexity index is 642. The standard InChI is InChI=1S/C15H18N2O2S/c1-9-6-5-7-10(8-9)12-11(17-14(16)20-12)13(18)19-15(2,3)4/h5-8H,1-4H3,(H2,16,17). The van der Waals surface area contributed by atoms with Gasteiger partial charge in [-0.15, -0.1) is 0 Å². The fraction of sp³-hybridized carbons (Fsp3) is 0.333. The average molecular weight is 290 g/mol. The van der Waals surface area contributed by atoms with E-state index >= 15 is 0 Å². The van der Waals surface area contributed by atoms with Crippen LogP contribution in [0.5, 0.6) is 0 Å². The average Bonchev–Trinajstić information content (AvgIpc) is 2.69. The van der Waals surface area contributed by atoms with E-state index in [1.807, 2.05) is 52.0 Å². The fourth-order valence-corrected chi connectivity index (χ4v) is 2.60. The molecule has 0 saturated heterocycles. The molecule has 0 unspecified atom stereocenters. The predicted octanol–water partition coefficient (Wildman–Crippen LogP) is 3.66. The van der Waals surface area contributed by atoms with E-state index in [9.17, 15) is 4.79 Å². The van der Waals surface area contributed by atoms with Crippen LogP contribution in [0.2, 0.25) is 0 Å². The number of carbonyl (C=O) groups excluding carboxylic acids is 1. The first kappa shape index (κ1) is 14.5. The van der Waals surface area contributed by atoms with E-state index in [4.69, 9.17) is 10.5 Å². The van der Waals surface area contributed by atoms with E-state index in [1.54, 1.807) is 0 Å². The lowest BCUT2D eigenvalue weighted by molar-refractivity contribution is 0.00647. The summed E-state index contributed by atoms with van der Waals surface area (Å²) in [5.41, 5.74) is 7.53. The molecule has 106 valence electrons. The molecule has 2 rings (SSSR count). The van der Waals surface area contributed by atoms with Gasteiger partial charge in [0.15, 0.2) is 10.8 Å². The summed E-state index contributed by atoms with van der Waals surface area (Å²) in [4.78, 5) is 17.1. The molecule has 0 amide bonds. The minimum Gasteiger partial charge on any atom is -0.455 e. The normalized spacial score (nSPS) is 11.4. The van der Waals surface area contributed by atoms with Gasteiger partial charge in [0.25, 0.3) is 0 Å². The number of hydrogen-bond donors (Lipinski definition) is 1. The number of aromatic nitrogens is 1. The van der Waals surface area contributed by atoms with Crippen molar-refractivity contribution in [2.75, 3.05) is 5.73 Å². The molecule has 0 saturated carbocycles. The number of carbonyl (C=O) groups is 1. The van der Waals surface area contributed by atoms with Crippen molar-refractivity contribution in [3.63, 3.8) is 0 Å². The summed E-state index contributed by atoms with van der Waals surface area (Å²) in [5, 5.41) is 0.363. The van der Waals surface area contributed by atoms with Crippen molar-refractivity contribution in [2.45, 2.75) is 33.3 Å². The minimum atomic E-state index is -0.556. The number of ether oxygens (including phenoxy) is 1. The lowest BCUT2D eigenvalue weighted by atomic mass is 10.1. The summed E-state index contributed by atoms with van der Waals surface area (Å²) in [6, 6.07) is 7.88. The lowest BCUT2D eigenvalue weighted by Crippen LogP contribution is -2.24. The van der Waals surface area contributed by atoms with Crippen LogP contribution in [0.3, 0.4) is 0 Å². The van der Waals surface area contributed by atoms with E-state index in [1.165, 1.54) is 11.3 Å². The van der Waals surface area contributed by atoms with Crippen LogP contribution in [0.1, 0.15) is 36.8 Å². The molecule has 1 heterocycles. The summed E-state index contributed by atoms with van der Waals surface area (Å²) < 4.78 is 5.38. The fourth-order valence-electron chi connectivity index (χ4n) is 1.78. The number of aryl methyl sites for hydroxylation is 1. The van der Waals surface area contributed by atoms with Gasteiger partial charge in [0, 0.05) is 0 Å². The molecule has 0 aliphatic rings. The number of anilines is 1. The van der Waals surface area contributed by atoms with E-state index < -0.39 is 11.6 Å². The van der Waals surface area contributed by atoms with Crippen LogP contribution >= 0.6 is 11.3 Å². The van der Waals surface area contributed by atoms with Crippen LogP contribution < -0.4 is 5.73 Å². The first-order chi connectivity index (χ1) is 9.26. The highest BCUT2D eigenvalue weighted by Crippen LogP contribution is 2.33. The number of nitrogen functional groups attached to an aromatic ring is 1. The van der Waals surface area contributed by atoms with Crippen LogP contribution in [-0.4, -0.2) is 16.6 Å². The summed E-state index contributed by atoms with van der Waals surface area (Å²) in [5.74, 6) is -0.443. The number of nitrogens with zero attached hydrogens (tertiary/aromatic N) is 1. The second-order valence-corrected chi connectivity index (χ2v) is 6.63. The zero-order chi connectivity index (χ0) is 14.9. The number of benzene rings is 1. The molecule has 0 fully saturated rings. The molecule has 0 aliphatic carbocycles. The van der Waals surface area contributed by atoms with Gasteiger partial charge < -0.3 is 10.5 Å². The summed E-state index contributed by atoms with van der Waals surface area (Å²) in [6.07, 6.45) is 0. The Morgan fingerprint density at radius 2 is 2.05 bits per heavy atom. The highest BCUT2D eigenvalue weighted by molar-refractivity contribution is 7.19. The number of hydrogen-bond acceptors (Lipinski definition) is 5. The van der Waals surface area contributed by atoms with Gasteiger partial charge in [0.1, 0.15) is 5.60 Å². The molecule has 5 heteroatoms. The van der Waals surface area contributed by atoms with Crippen molar-refractivity contribution in [3.8, 4) is 10.4 Å². The molecule has 0 atom stereocenters. The Labute approximate surface area is 122 Å². The number of rotatable bonds is 2. The highest BCUT2D eigenvalue weighted by Gasteiger charge is 2.24. The maximum atomic E-state index is 12.2. The Morgan fingerprint density at radius 3 is 2.65 bits per heavy atom. The Hall–Kier alpha value is -1.88. The van der Waals surface area contributed by atoms with E-state index in [0.717, 1.165) is 16.0 Å². The molecule has 20 heavy (non-hydrogen) atoms. The van der Waals surface area contributed by atoms with Gasteiger partial charge in [0.05, 0.1) is 4.88 Å². The van der Waals surface area contributed by atoms with E-state index in [0.29, 0.717) is 5.13 Å². The Morgan fingerprint density at radius 1 is 1.35 bits per heavy atom. The second-order valence-electron chi connectivity index (χ2n) is 5.60. The van der Waals surface area contributed by atoms with Crippen LogP contribution in [-0.2, 0) is 4.74 Å². The molecule has 1 aromatic carbocycles. The SMILES string of the molecule is Cc1cccc(-c2sc(N)nc2C(=O)OC(C)(C)C)c1. The second kappa shape index (κ2) is 5.25. The van der Waals surface area contributed by atoms with Gasteiger partial charge in [-0.05, 0) is 33.3 Å². The summed E-state index contributed by atoms with van der Waals surface area (Å²) >= 11 is 1.30. The van der Waals surface area contributed by atoms with Gasteiger partial charge >= 0.3 is 5.97 Å². The van der Waals surface area contributed by atoms with Crippen LogP contribution in [0, 0.1) is 6.92 Å². The van der Waals surface area contributed by atoms with Crippen molar-refractivity contribution in [3.05, 3.63) is 35.5 Å². The van der Waals surface area contributed by atoms with Crippen molar-refractivity contribution < 1.29 is 9.53 Å². The molecule has 2 aromatic rings. The first-order valence-corrected chi connectivity index (χ1v) is 7.14. The zero-order valence-corrected chi connectivity index (χ0v) is 12.9. The first-order valence-electron chi connectivity index (χ1n) is 6.33. The molecule has 4 nitrogen and oxygen atoms in total. The van der Waals surface area contributed by atoms with Gasteiger partial charge in [-0.1, -0.05) is 41.2 Å². The van der Waals surface area contributed by atoms with Crippen LogP contribution in [0.25, 0.3) is 10.4 Å². The quantitative estimate of drug-likeness (QED) is 0.857.